The van der Waals surface area contributed by atoms with Crippen LogP contribution in [0.5, 0.6) is 0 Å². The predicted molar refractivity (Wildman–Crippen MR) is 466 cm³/mol. The van der Waals surface area contributed by atoms with Gasteiger partial charge in [0.25, 0.3) is 0 Å². The number of fused-ring (bicyclic) bond motifs is 13. The fraction of sp³-hybridized carbons (Fsp3) is 0. The monoisotopic (exact) mass is 1400 g/mol. The average molecular weight is 1400 g/mol. The Morgan fingerprint density at radius 3 is 0.736 bits per heavy atom. The highest BCUT2D eigenvalue weighted by molar-refractivity contribution is 6.16. The lowest BCUT2D eigenvalue weighted by Crippen LogP contribution is -1.96. The van der Waals surface area contributed by atoms with Gasteiger partial charge < -0.3 is 18.3 Å². The van der Waals surface area contributed by atoms with E-state index in [1.54, 1.807) is 0 Å². The Morgan fingerprint density at radius 2 is 0.373 bits per heavy atom. The summed E-state index contributed by atoms with van der Waals surface area (Å²) in [6.07, 6.45) is 0. The Hall–Kier alpha value is -14.6. The lowest BCUT2D eigenvalue weighted by molar-refractivity contribution is 1.18. The number of rotatable bonds is 11. The predicted octanol–water partition coefficient (Wildman–Crippen LogP) is 28.6. The molecule has 22 aromatic rings. The molecule has 0 fully saturated rings. The van der Waals surface area contributed by atoms with Gasteiger partial charge in [-0.3, -0.25) is 0 Å². The number of hydrogen-bond acceptors (Lipinski definition) is 0. The Kier molecular flexibility index (Phi) is 15.5. The molecule has 0 bridgehead atoms. The summed E-state index contributed by atoms with van der Waals surface area (Å²) < 4.78 is 9.68. The van der Waals surface area contributed by atoms with Gasteiger partial charge >= 0.3 is 0 Å². The first kappa shape index (κ1) is 63.9. The number of benzene rings is 18. The van der Waals surface area contributed by atoms with Gasteiger partial charge in [-0.1, -0.05) is 303 Å². The molecule has 514 valence electrons. The first-order valence-electron chi connectivity index (χ1n) is 37.9. The highest BCUT2D eigenvalue weighted by Gasteiger charge is 2.22. The molecule has 110 heavy (non-hydrogen) atoms. The summed E-state index contributed by atoms with van der Waals surface area (Å²) in [4.78, 5) is 0. The molecule has 0 spiro atoms. The highest BCUT2D eigenvalue weighted by atomic mass is 15.0. The van der Waals surface area contributed by atoms with Gasteiger partial charge in [-0.25, -0.2) is 0 Å². The first-order chi connectivity index (χ1) is 54.6. The summed E-state index contributed by atoms with van der Waals surface area (Å²) >= 11 is 0. The molecule has 0 saturated carbocycles. The van der Waals surface area contributed by atoms with E-state index in [0.717, 1.165) is 17.1 Å². The van der Waals surface area contributed by atoms with E-state index >= 15 is 0 Å². The number of aromatic nitrogens is 4. The molecule has 4 nitrogen and oxygen atoms in total. The van der Waals surface area contributed by atoms with Crippen molar-refractivity contribution in [3.63, 3.8) is 0 Å². The van der Waals surface area contributed by atoms with Crippen LogP contribution in [0.25, 0.3) is 199 Å². The van der Waals surface area contributed by atoms with Crippen LogP contribution in [0.4, 0.5) is 0 Å². The topological polar surface area (TPSA) is 19.7 Å². The Labute approximate surface area is 637 Å². The normalized spacial score (nSPS) is 11.6. The summed E-state index contributed by atoms with van der Waals surface area (Å²) in [6, 6.07) is 155. The average Bonchev–Trinajstić information content (AvgIpc) is 1.57. The maximum absolute atomic E-state index is 2.45. The zero-order valence-corrected chi connectivity index (χ0v) is 60.2. The summed E-state index contributed by atoms with van der Waals surface area (Å²) in [5, 5.41) is 12.5. The summed E-state index contributed by atoms with van der Waals surface area (Å²) in [6.45, 7) is 0. The van der Waals surface area contributed by atoms with Crippen LogP contribution >= 0.6 is 0 Å². The molecule has 4 heterocycles. The van der Waals surface area contributed by atoms with Crippen LogP contribution in [0.3, 0.4) is 0 Å². The van der Waals surface area contributed by atoms with Crippen molar-refractivity contribution in [2.45, 2.75) is 0 Å². The number of nitrogens with zero attached hydrogens (tertiary/aromatic N) is 4. The van der Waals surface area contributed by atoms with Crippen LogP contribution in [-0.4, -0.2) is 18.3 Å². The standard InChI is InChI=1S/C54H36N2.C52H34N2/c1-4-14-37(15-5-1)40-24-28-45(29-25-40)55-51-22-12-10-20-47(51)49-35-41(26-30-53(49)55)42-27-31-54-50(36-42)48-21-11-13-23-52(48)56(54)46-33-43(38-16-6-2-7-17-38)32-44(34-46)39-18-8-3-9-19-39;1-3-13-35(14-4-1)36-23-27-40(28-24-36)53-48-21-11-9-19-44(48)46-33-38(25-30-51(46)53)39-26-31-52-47(34-39)45-20-10-12-22-49(45)54(52)50-32-29-41(37-15-5-2-6-16-37)42-17-7-8-18-43(42)50/h1-36H;1-34H. The van der Waals surface area contributed by atoms with Crippen LogP contribution in [0.2, 0.25) is 0 Å². The fourth-order valence-corrected chi connectivity index (χ4v) is 17.3. The zero-order valence-electron chi connectivity index (χ0n) is 60.2. The van der Waals surface area contributed by atoms with E-state index in [1.165, 1.54) is 182 Å². The molecule has 18 aromatic carbocycles. The molecule has 0 amide bonds. The van der Waals surface area contributed by atoms with Gasteiger partial charge in [-0.2, -0.15) is 0 Å². The van der Waals surface area contributed by atoms with Crippen molar-refractivity contribution in [1.82, 2.24) is 18.3 Å². The molecule has 0 aliphatic carbocycles. The fourth-order valence-electron chi connectivity index (χ4n) is 17.3. The highest BCUT2D eigenvalue weighted by Crippen LogP contribution is 2.44. The van der Waals surface area contributed by atoms with Gasteiger partial charge in [0.2, 0.25) is 0 Å². The zero-order chi connectivity index (χ0) is 72.6. The van der Waals surface area contributed by atoms with E-state index < -0.39 is 0 Å². The SMILES string of the molecule is c1ccc(-c2ccc(-n3c4ccccc4c4cc(-c5ccc6c(c5)c5ccccc5n6-c5cc(-c6ccccc6)cc(-c6ccccc6)c5)ccc43)cc2)cc1.c1ccc(-c2ccc(-n3c4ccccc4c4cc(-c5ccc6c(c5)c5ccccc5n6-c5ccc(-c6ccccc6)c6ccccc56)ccc43)cc2)cc1. The second kappa shape index (κ2) is 26.8. The van der Waals surface area contributed by atoms with Crippen molar-refractivity contribution >= 4 is 98.0 Å². The van der Waals surface area contributed by atoms with Crippen molar-refractivity contribution < 1.29 is 0 Å². The van der Waals surface area contributed by atoms with Crippen molar-refractivity contribution in [3.05, 3.63) is 425 Å². The third-order valence-corrected chi connectivity index (χ3v) is 22.4. The molecule has 4 aromatic heterocycles. The van der Waals surface area contributed by atoms with Crippen LogP contribution < -0.4 is 0 Å². The second-order valence-electron chi connectivity index (χ2n) is 28.7. The van der Waals surface area contributed by atoms with Gasteiger partial charge in [0.15, 0.2) is 0 Å². The van der Waals surface area contributed by atoms with Gasteiger partial charge in [0.1, 0.15) is 0 Å². The number of hydrogen-bond donors (Lipinski definition) is 0. The van der Waals surface area contributed by atoms with Crippen molar-refractivity contribution in [1.29, 1.82) is 0 Å². The molecule has 4 heteroatoms. The van der Waals surface area contributed by atoms with Crippen LogP contribution in [0.15, 0.2) is 425 Å². The van der Waals surface area contributed by atoms with Gasteiger partial charge in [-0.05, 0) is 205 Å². The second-order valence-corrected chi connectivity index (χ2v) is 28.7. The maximum Gasteiger partial charge on any atom is 0.0541 e. The van der Waals surface area contributed by atoms with Crippen LogP contribution in [0, 0.1) is 0 Å². The molecule has 0 saturated heterocycles. The van der Waals surface area contributed by atoms with Crippen molar-refractivity contribution in [3.8, 4) is 101 Å². The van der Waals surface area contributed by atoms with E-state index in [9.17, 15) is 0 Å². The Bertz CT molecular complexity index is 7210. The molecule has 0 aliphatic rings. The van der Waals surface area contributed by atoms with E-state index in [2.05, 4.69) is 443 Å². The van der Waals surface area contributed by atoms with Gasteiger partial charge in [0.05, 0.1) is 49.8 Å². The molecule has 0 radical (unpaired) electrons. The minimum atomic E-state index is 1.15. The molecule has 0 N–H and O–H groups in total. The quantitative estimate of drug-likeness (QED) is 0.123. The van der Waals surface area contributed by atoms with Crippen molar-refractivity contribution in [2.24, 2.45) is 0 Å². The molecular weight excluding hydrogens is 1330 g/mol. The van der Waals surface area contributed by atoms with E-state index in [-0.39, 0.29) is 0 Å². The lowest BCUT2D eigenvalue weighted by atomic mass is 9.97. The molecule has 22 rings (SSSR count). The molecule has 0 aliphatic heterocycles. The smallest absolute Gasteiger partial charge is 0.0541 e. The summed E-state index contributed by atoms with van der Waals surface area (Å²) in [5.74, 6) is 0. The van der Waals surface area contributed by atoms with Gasteiger partial charge in [0, 0.05) is 65.5 Å². The van der Waals surface area contributed by atoms with Crippen molar-refractivity contribution in [2.75, 3.05) is 0 Å². The molecule has 0 atom stereocenters. The minimum absolute atomic E-state index is 1.15. The third-order valence-electron chi connectivity index (χ3n) is 22.4. The lowest BCUT2D eigenvalue weighted by Gasteiger charge is -2.15. The largest absolute Gasteiger partial charge is 0.309 e. The summed E-state index contributed by atoms with van der Waals surface area (Å²) in [5.41, 5.74) is 31.3. The Balaban J connectivity index is 0.000000140. The van der Waals surface area contributed by atoms with E-state index in [4.69, 9.17) is 0 Å². The van der Waals surface area contributed by atoms with E-state index in [1.807, 2.05) is 0 Å². The summed E-state index contributed by atoms with van der Waals surface area (Å²) in [7, 11) is 0. The first-order valence-corrected chi connectivity index (χ1v) is 37.9. The molecule has 0 unspecified atom stereocenters. The van der Waals surface area contributed by atoms with Crippen LogP contribution in [-0.2, 0) is 0 Å². The molecular formula is C106H70N4. The van der Waals surface area contributed by atoms with E-state index in [0.29, 0.717) is 0 Å². The third kappa shape index (κ3) is 11.0. The van der Waals surface area contributed by atoms with Crippen LogP contribution in [0.1, 0.15) is 0 Å². The van der Waals surface area contributed by atoms with Gasteiger partial charge in [-0.15, -0.1) is 0 Å². The number of para-hydroxylation sites is 4. The minimum Gasteiger partial charge on any atom is -0.309 e. The maximum atomic E-state index is 2.45. The Morgan fingerprint density at radius 1 is 0.118 bits per heavy atom.